The number of halogens is 2. The average Bonchev–Trinajstić information content (AvgIpc) is 3.05. The maximum atomic E-state index is 13.2. The van der Waals surface area contributed by atoms with Crippen molar-refractivity contribution in [3.05, 3.63) is 28.0 Å². The highest BCUT2D eigenvalue weighted by molar-refractivity contribution is 9.10. The number of benzene rings is 1. The predicted molar refractivity (Wildman–Crippen MR) is 66.7 cm³/mol. The van der Waals surface area contributed by atoms with Crippen LogP contribution in [-0.4, -0.2) is 17.0 Å². The Labute approximate surface area is 111 Å². The molecule has 0 radical (unpaired) electrons. The number of aliphatic carboxylic acids is 1. The Balaban J connectivity index is 2.09. The molecule has 0 saturated heterocycles. The van der Waals surface area contributed by atoms with Crippen molar-refractivity contribution in [3.63, 3.8) is 0 Å². The Hall–Kier alpha value is -1.43. The summed E-state index contributed by atoms with van der Waals surface area (Å²) in [4.78, 5) is 22.4. The molecule has 18 heavy (non-hydrogen) atoms. The predicted octanol–water partition coefficient (Wildman–Crippen LogP) is 2.56. The second kappa shape index (κ2) is 4.68. The number of anilines is 1. The highest BCUT2D eigenvalue weighted by Gasteiger charge is 2.48. The molecule has 0 aromatic heterocycles. The van der Waals surface area contributed by atoms with E-state index in [1.807, 2.05) is 0 Å². The van der Waals surface area contributed by atoms with Gasteiger partial charge < -0.3 is 10.4 Å². The first kappa shape index (κ1) is 13.0. The fourth-order valence-electron chi connectivity index (χ4n) is 1.76. The van der Waals surface area contributed by atoms with Crippen LogP contribution >= 0.6 is 15.9 Å². The van der Waals surface area contributed by atoms with Gasteiger partial charge in [-0.3, -0.25) is 9.59 Å². The van der Waals surface area contributed by atoms with E-state index < -0.39 is 23.6 Å². The molecule has 1 aromatic carbocycles. The zero-order valence-corrected chi connectivity index (χ0v) is 11.1. The summed E-state index contributed by atoms with van der Waals surface area (Å²) in [6, 6.07) is 2.78. The number of carbonyl (C=O) groups is 2. The Morgan fingerprint density at radius 3 is 2.67 bits per heavy atom. The molecule has 1 saturated carbocycles. The largest absolute Gasteiger partial charge is 0.481 e. The van der Waals surface area contributed by atoms with Gasteiger partial charge in [-0.15, -0.1) is 0 Å². The highest BCUT2D eigenvalue weighted by Crippen LogP contribution is 2.39. The lowest BCUT2D eigenvalue weighted by Gasteiger charge is -2.09. The summed E-state index contributed by atoms with van der Waals surface area (Å²) in [5, 5.41) is 11.4. The van der Waals surface area contributed by atoms with Gasteiger partial charge in [0.25, 0.3) is 0 Å². The molecular weight excluding hydrogens is 305 g/mol. The molecule has 0 bridgehead atoms. The topological polar surface area (TPSA) is 66.4 Å². The molecular formula is C12H11BrFNO3. The summed E-state index contributed by atoms with van der Waals surface area (Å²) in [7, 11) is 0. The van der Waals surface area contributed by atoms with Crippen LogP contribution in [0.5, 0.6) is 0 Å². The van der Waals surface area contributed by atoms with Crippen LogP contribution in [0.3, 0.4) is 0 Å². The van der Waals surface area contributed by atoms with E-state index in [1.54, 1.807) is 6.92 Å². The van der Waals surface area contributed by atoms with Crippen LogP contribution < -0.4 is 5.32 Å². The molecule has 4 nitrogen and oxygen atoms in total. The van der Waals surface area contributed by atoms with Crippen molar-refractivity contribution >= 4 is 33.5 Å². The lowest BCUT2D eigenvalue weighted by molar-refractivity contribution is -0.139. The average molecular weight is 316 g/mol. The number of carbonyl (C=O) groups excluding carboxylic acids is 1. The maximum absolute atomic E-state index is 13.2. The SMILES string of the molecule is Cc1cc(F)c(Br)cc1NC(=O)C1CC1C(=O)O. The van der Waals surface area contributed by atoms with E-state index >= 15 is 0 Å². The zero-order valence-electron chi connectivity index (χ0n) is 9.54. The van der Waals surface area contributed by atoms with Gasteiger partial charge in [-0.05, 0) is 47.0 Å². The third-order valence-corrected chi connectivity index (χ3v) is 3.58. The molecule has 1 aliphatic rings. The number of nitrogens with one attached hydrogen (secondary N) is 1. The summed E-state index contributed by atoms with van der Waals surface area (Å²) in [5.41, 5.74) is 1.08. The molecule has 1 aromatic rings. The first-order valence-electron chi connectivity index (χ1n) is 5.39. The van der Waals surface area contributed by atoms with E-state index in [4.69, 9.17) is 5.11 Å². The molecule has 2 N–H and O–H groups in total. The number of carboxylic acids is 1. The van der Waals surface area contributed by atoms with Crippen LogP contribution in [0.2, 0.25) is 0 Å². The van der Waals surface area contributed by atoms with Crippen LogP contribution in [0.15, 0.2) is 16.6 Å². The minimum atomic E-state index is -0.952. The van der Waals surface area contributed by atoms with E-state index in [0.717, 1.165) is 0 Å². The van der Waals surface area contributed by atoms with Gasteiger partial charge in [-0.25, -0.2) is 4.39 Å². The standard InChI is InChI=1S/C12H11BrFNO3/c1-5-2-9(14)8(13)4-10(5)15-11(16)6-3-7(6)12(17)18/h2,4,6-7H,3H2,1H3,(H,15,16)(H,17,18). The lowest BCUT2D eigenvalue weighted by atomic mass is 10.2. The number of hydrogen-bond acceptors (Lipinski definition) is 2. The van der Waals surface area contributed by atoms with E-state index in [9.17, 15) is 14.0 Å². The smallest absolute Gasteiger partial charge is 0.307 e. The van der Waals surface area contributed by atoms with Gasteiger partial charge >= 0.3 is 5.97 Å². The van der Waals surface area contributed by atoms with Gasteiger partial charge in [0, 0.05) is 5.69 Å². The quantitative estimate of drug-likeness (QED) is 0.900. The summed E-state index contributed by atoms with van der Waals surface area (Å²) in [6.07, 6.45) is 0.364. The molecule has 0 heterocycles. The van der Waals surface area contributed by atoms with Crippen molar-refractivity contribution in [1.29, 1.82) is 0 Å². The summed E-state index contributed by atoms with van der Waals surface area (Å²) in [5.74, 6) is -2.75. The number of amides is 1. The molecule has 96 valence electrons. The van der Waals surface area contributed by atoms with E-state index in [-0.39, 0.29) is 10.4 Å². The summed E-state index contributed by atoms with van der Waals surface area (Å²) in [6.45, 7) is 1.67. The van der Waals surface area contributed by atoms with Crippen molar-refractivity contribution in [2.45, 2.75) is 13.3 Å². The molecule has 2 unspecified atom stereocenters. The van der Waals surface area contributed by atoms with Crippen LogP contribution in [-0.2, 0) is 9.59 Å². The summed E-state index contributed by atoms with van der Waals surface area (Å²) >= 11 is 3.04. The van der Waals surface area contributed by atoms with Crippen LogP contribution in [0.4, 0.5) is 10.1 Å². The van der Waals surface area contributed by atoms with Crippen molar-refractivity contribution in [1.82, 2.24) is 0 Å². The molecule has 1 amide bonds. The Morgan fingerprint density at radius 1 is 1.44 bits per heavy atom. The normalized spacial score (nSPS) is 21.5. The zero-order chi connectivity index (χ0) is 13.4. The van der Waals surface area contributed by atoms with Crippen molar-refractivity contribution < 1.29 is 19.1 Å². The maximum Gasteiger partial charge on any atom is 0.307 e. The van der Waals surface area contributed by atoms with Crippen molar-refractivity contribution in [3.8, 4) is 0 Å². The second-order valence-electron chi connectivity index (χ2n) is 4.36. The first-order chi connectivity index (χ1) is 8.40. The Kier molecular flexibility index (Phi) is 3.38. The molecule has 2 atom stereocenters. The monoisotopic (exact) mass is 315 g/mol. The molecule has 0 spiro atoms. The summed E-state index contributed by atoms with van der Waals surface area (Å²) < 4.78 is 13.5. The number of hydrogen-bond donors (Lipinski definition) is 2. The molecule has 1 fully saturated rings. The minimum Gasteiger partial charge on any atom is -0.481 e. The third kappa shape index (κ3) is 2.53. The second-order valence-corrected chi connectivity index (χ2v) is 5.21. The Morgan fingerprint density at radius 2 is 2.11 bits per heavy atom. The lowest BCUT2D eigenvalue weighted by Crippen LogP contribution is -2.17. The highest BCUT2D eigenvalue weighted by atomic mass is 79.9. The van der Waals surface area contributed by atoms with E-state index in [1.165, 1.54) is 12.1 Å². The fourth-order valence-corrected chi connectivity index (χ4v) is 2.11. The van der Waals surface area contributed by atoms with Gasteiger partial charge in [0.15, 0.2) is 0 Å². The minimum absolute atomic E-state index is 0.258. The van der Waals surface area contributed by atoms with Gasteiger partial charge in [-0.1, -0.05) is 0 Å². The van der Waals surface area contributed by atoms with Gasteiger partial charge in [0.05, 0.1) is 16.3 Å². The number of carboxylic acid groups (broad SMARTS) is 1. The van der Waals surface area contributed by atoms with Gasteiger partial charge in [-0.2, -0.15) is 0 Å². The fraction of sp³-hybridized carbons (Fsp3) is 0.333. The van der Waals surface area contributed by atoms with Gasteiger partial charge in [0.1, 0.15) is 5.82 Å². The van der Waals surface area contributed by atoms with Crippen LogP contribution in [0, 0.1) is 24.6 Å². The third-order valence-electron chi connectivity index (χ3n) is 2.97. The molecule has 0 aliphatic heterocycles. The van der Waals surface area contributed by atoms with Crippen molar-refractivity contribution in [2.75, 3.05) is 5.32 Å². The first-order valence-corrected chi connectivity index (χ1v) is 6.18. The van der Waals surface area contributed by atoms with Crippen LogP contribution in [0.25, 0.3) is 0 Å². The van der Waals surface area contributed by atoms with Gasteiger partial charge in [0.2, 0.25) is 5.91 Å². The van der Waals surface area contributed by atoms with E-state index in [0.29, 0.717) is 17.7 Å². The van der Waals surface area contributed by atoms with Crippen LogP contribution in [0.1, 0.15) is 12.0 Å². The Bertz CT molecular complexity index is 532. The number of aryl methyl sites for hydroxylation is 1. The molecule has 6 heteroatoms. The number of rotatable bonds is 3. The molecule has 2 rings (SSSR count). The molecule has 1 aliphatic carbocycles. The van der Waals surface area contributed by atoms with E-state index in [2.05, 4.69) is 21.2 Å². The van der Waals surface area contributed by atoms with Crippen molar-refractivity contribution in [2.24, 2.45) is 11.8 Å².